The first-order valence-electron chi connectivity index (χ1n) is 13.3. The average Bonchev–Trinajstić information content (AvgIpc) is 3.52. The fourth-order valence-electron chi connectivity index (χ4n) is 4.81. The molecule has 1 aliphatic rings. The number of nitrogens with zero attached hydrogens (tertiary/aromatic N) is 3. The van der Waals surface area contributed by atoms with Crippen LogP contribution in [0.4, 0.5) is 0 Å². The standard InChI is InChI=1S/C31H34BrN3O3/c1-3-5-16-35-27(30(32)33-31(35)25-11-7-6-8-12-25)21-34(19-23-10-9-13-26(17-23)36-4-2)20-24-14-15-28-29(18-24)38-22-37-28/h6-15,17-18H,3-5,16,19-22H2,1-2H3. The predicted molar refractivity (Wildman–Crippen MR) is 153 cm³/mol. The molecule has 1 aliphatic heterocycles. The molecule has 4 aromatic rings. The van der Waals surface area contributed by atoms with Gasteiger partial charge in [-0.3, -0.25) is 4.90 Å². The van der Waals surface area contributed by atoms with Crippen LogP contribution in [0.2, 0.25) is 0 Å². The third kappa shape index (κ3) is 6.22. The van der Waals surface area contributed by atoms with Crippen molar-refractivity contribution in [3.63, 3.8) is 0 Å². The summed E-state index contributed by atoms with van der Waals surface area (Å²) >= 11 is 3.81. The van der Waals surface area contributed by atoms with Crippen molar-refractivity contribution in [3.05, 3.63) is 94.2 Å². The van der Waals surface area contributed by atoms with Gasteiger partial charge in [0.2, 0.25) is 6.79 Å². The molecule has 0 atom stereocenters. The Morgan fingerprint density at radius 2 is 1.68 bits per heavy atom. The van der Waals surface area contributed by atoms with Crippen molar-refractivity contribution in [2.75, 3.05) is 13.4 Å². The van der Waals surface area contributed by atoms with Gasteiger partial charge in [0.15, 0.2) is 11.5 Å². The number of halogens is 1. The average molecular weight is 577 g/mol. The summed E-state index contributed by atoms with van der Waals surface area (Å²) in [6, 6.07) is 25.0. The summed E-state index contributed by atoms with van der Waals surface area (Å²) in [6.07, 6.45) is 2.21. The molecule has 38 heavy (non-hydrogen) atoms. The molecule has 0 aliphatic carbocycles. The van der Waals surface area contributed by atoms with Crippen LogP contribution in [0.15, 0.2) is 77.4 Å². The molecule has 0 spiro atoms. The lowest BCUT2D eigenvalue weighted by atomic mass is 10.1. The summed E-state index contributed by atoms with van der Waals surface area (Å²) in [5.41, 5.74) is 4.69. The SMILES string of the molecule is CCCCn1c(-c2ccccc2)nc(Br)c1CN(Cc1cccc(OCC)c1)Cc1ccc2c(c1)OCO2. The zero-order valence-electron chi connectivity index (χ0n) is 22.0. The number of imidazole rings is 1. The normalized spacial score (nSPS) is 12.3. The van der Waals surface area contributed by atoms with E-state index in [4.69, 9.17) is 19.2 Å². The van der Waals surface area contributed by atoms with Crippen LogP contribution in [0.25, 0.3) is 11.4 Å². The number of hydrogen-bond acceptors (Lipinski definition) is 5. The van der Waals surface area contributed by atoms with Gasteiger partial charge >= 0.3 is 0 Å². The summed E-state index contributed by atoms with van der Waals surface area (Å²) in [4.78, 5) is 7.43. The van der Waals surface area contributed by atoms with Crippen molar-refractivity contribution in [1.29, 1.82) is 0 Å². The monoisotopic (exact) mass is 575 g/mol. The first kappa shape index (κ1) is 26.3. The fourth-order valence-corrected chi connectivity index (χ4v) is 5.32. The van der Waals surface area contributed by atoms with Gasteiger partial charge < -0.3 is 18.8 Å². The van der Waals surface area contributed by atoms with Gasteiger partial charge in [-0.2, -0.15) is 0 Å². The quantitative estimate of drug-likeness (QED) is 0.175. The minimum absolute atomic E-state index is 0.276. The molecule has 7 heteroatoms. The molecule has 0 unspecified atom stereocenters. The molecule has 0 saturated heterocycles. The molecule has 0 amide bonds. The fraction of sp³-hybridized carbons (Fsp3) is 0.323. The molecular weight excluding hydrogens is 542 g/mol. The molecule has 5 rings (SSSR count). The molecule has 0 fully saturated rings. The molecule has 3 aromatic carbocycles. The van der Waals surface area contributed by atoms with Crippen molar-refractivity contribution in [1.82, 2.24) is 14.5 Å². The third-order valence-electron chi connectivity index (χ3n) is 6.62. The van der Waals surface area contributed by atoms with Gasteiger partial charge in [-0.1, -0.05) is 61.9 Å². The maximum Gasteiger partial charge on any atom is 0.231 e. The lowest BCUT2D eigenvalue weighted by Crippen LogP contribution is -2.24. The topological polar surface area (TPSA) is 48.8 Å². The molecule has 1 aromatic heterocycles. The van der Waals surface area contributed by atoms with E-state index in [9.17, 15) is 0 Å². The second-order valence-corrected chi connectivity index (χ2v) is 10.2. The van der Waals surface area contributed by atoms with E-state index in [1.165, 1.54) is 16.8 Å². The van der Waals surface area contributed by atoms with E-state index in [2.05, 4.69) is 86.9 Å². The van der Waals surface area contributed by atoms with Gasteiger partial charge in [-0.25, -0.2) is 4.98 Å². The van der Waals surface area contributed by atoms with Crippen LogP contribution in [0.1, 0.15) is 43.5 Å². The third-order valence-corrected chi connectivity index (χ3v) is 7.26. The Balaban J connectivity index is 1.48. The number of rotatable bonds is 12. The van der Waals surface area contributed by atoms with Crippen molar-refractivity contribution in [3.8, 4) is 28.6 Å². The van der Waals surface area contributed by atoms with Crippen LogP contribution in [-0.2, 0) is 26.2 Å². The maximum absolute atomic E-state index is 5.78. The van der Waals surface area contributed by atoms with E-state index in [1.807, 2.05) is 25.1 Å². The molecule has 0 bridgehead atoms. The Bertz CT molecular complexity index is 1360. The lowest BCUT2D eigenvalue weighted by molar-refractivity contribution is 0.174. The molecule has 198 valence electrons. The summed E-state index contributed by atoms with van der Waals surface area (Å²) in [7, 11) is 0. The maximum atomic E-state index is 5.78. The number of hydrogen-bond donors (Lipinski definition) is 0. The van der Waals surface area contributed by atoms with Gasteiger partial charge in [0.05, 0.1) is 12.3 Å². The molecule has 2 heterocycles. The number of benzene rings is 3. The number of unbranched alkanes of at least 4 members (excludes halogenated alkanes) is 1. The Morgan fingerprint density at radius 1 is 0.895 bits per heavy atom. The van der Waals surface area contributed by atoms with E-state index in [0.717, 1.165) is 72.3 Å². The molecule has 0 saturated carbocycles. The molecular formula is C31H34BrN3O3. The van der Waals surface area contributed by atoms with E-state index in [0.29, 0.717) is 6.61 Å². The highest BCUT2D eigenvalue weighted by Gasteiger charge is 2.21. The minimum Gasteiger partial charge on any atom is -0.494 e. The molecule has 0 N–H and O–H groups in total. The summed E-state index contributed by atoms with van der Waals surface area (Å²) < 4.78 is 20.2. The van der Waals surface area contributed by atoms with Gasteiger partial charge in [0.25, 0.3) is 0 Å². The van der Waals surface area contributed by atoms with E-state index >= 15 is 0 Å². The highest BCUT2D eigenvalue weighted by molar-refractivity contribution is 9.10. The van der Waals surface area contributed by atoms with Crippen LogP contribution in [-0.4, -0.2) is 27.9 Å². The van der Waals surface area contributed by atoms with Gasteiger partial charge in [-0.15, -0.1) is 0 Å². The second-order valence-electron chi connectivity index (χ2n) is 9.46. The van der Waals surface area contributed by atoms with Gasteiger partial charge in [-0.05, 0) is 64.7 Å². The Hall–Kier alpha value is -3.29. The summed E-state index contributed by atoms with van der Waals surface area (Å²) in [5.74, 6) is 3.51. The lowest BCUT2D eigenvalue weighted by Gasteiger charge is -2.24. The second kappa shape index (κ2) is 12.5. The first-order valence-corrected chi connectivity index (χ1v) is 14.1. The highest BCUT2D eigenvalue weighted by atomic mass is 79.9. The zero-order valence-corrected chi connectivity index (χ0v) is 23.6. The summed E-state index contributed by atoms with van der Waals surface area (Å²) in [5, 5.41) is 0. The van der Waals surface area contributed by atoms with Crippen molar-refractivity contribution in [2.45, 2.75) is 52.9 Å². The number of aromatic nitrogens is 2. The van der Waals surface area contributed by atoms with E-state index in [1.54, 1.807) is 0 Å². The van der Waals surface area contributed by atoms with Crippen molar-refractivity contribution >= 4 is 15.9 Å². The van der Waals surface area contributed by atoms with Crippen LogP contribution in [0, 0.1) is 0 Å². The first-order chi connectivity index (χ1) is 18.6. The number of ether oxygens (including phenoxy) is 3. The summed E-state index contributed by atoms with van der Waals surface area (Å²) in [6.45, 7) is 8.34. The van der Waals surface area contributed by atoms with Crippen molar-refractivity contribution in [2.24, 2.45) is 0 Å². The van der Waals surface area contributed by atoms with E-state index < -0.39 is 0 Å². The smallest absolute Gasteiger partial charge is 0.231 e. The van der Waals surface area contributed by atoms with Gasteiger partial charge in [0, 0.05) is 31.7 Å². The molecule has 6 nitrogen and oxygen atoms in total. The Morgan fingerprint density at radius 3 is 2.47 bits per heavy atom. The van der Waals surface area contributed by atoms with Crippen LogP contribution < -0.4 is 14.2 Å². The Labute approximate surface area is 233 Å². The van der Waals surface area contributed by atoms with Crippen LogP contribution in [0.5, 0.6) is 17.2 Å². The Kier molecular flexibility index (Phi) is 8.66. The van der Waals surface area contributed by atoms with Crippen LogP contribution >= 0.6 is 15.9 Å². The van der Waals surface area contributed by atoms with Crippen LogP contribution in [0.3, 0.4) is 0 Å². The van der Waals surface area contributed by atoms with Crippen molar-refractivity contribution < 1.29 is 14.2 Å². The zero-order chi connectivity index (χ0) is 26.3. The number of fused-ring (bicyclic) bond motifs is 1. The minimum atomic E-state index is 0.276. The highest BCUT2D eigenvalue weighted by Crippen LogP contribution is 2.34. The largest absolute Gasteiger partial charge is 0.494 e. The predicted octanol–water partition coefficient (Wildman–Crippen LogP) is 7.44. The van der Waals surface area contributed by atoms with Gasteiger partial charge in [0.1, 0.15) is 16.2 Å². The molecule has 0 radical (unpaired) electrons. The van der Waals surface area contributed by atoms with E-state index in [-0.39, 0.29) is 6.79 Å².